The number of nitrogen functional groups attached to an aromatic ring is 1. The highest BCUT2D eigenvalue weighted by molar-refractivity contribution is 5.95. The largest absolute Gasteiger partial charge is 0.493 e. The number of hydrogen-bond acceptors (Lipinski definition) is 5. The molecule has 0 unspecified atom stereocenters. The molecule has 142 valence electrons. The van der Waals surface area contributed by atoms with E-state index in [2.05, 4.69) is 10.5 Å². The predicted molar refractivity (Wildman–Crippen MR) is 110 cm³/mol. The molecule has 0 saturated carbocycles. The summed E-state index contributed by atoms with van der Waals surface area (Å²) in [7, 11) is 1.58. The van der Waals surface area contributed by atoms with Gasteiger partial charge in [-0.2, -0.15) is 5.10 Å². The zero-order valence-corrected chi connectivity index (χ0v) is 15.5. The summed E-state index contributed by atoms with van der Waals surface area (Å²) in [6, 6.07) is 22.0. The lowest BCUT2D eigenvalue weighted by Crippen LogP contribution is -2.17. The van der Waals surface area contributed by atoms with Crippen LogP contribution in [0, 0.1) is 0 Å². The number of nitrogens with zero attached hydrogens (tertiary/aromatic N) is 1. The monoisotopic (exact) mass is 375 g/mol. The van der Waals surface area contributed by atoms with E-state index in [-0.39, 0.29) is 5.91 Å². The Balaban J connectivity index is 1.73. The summed E-state index contributed by atoms with van der Waals surface area (Å²) in [5.74, 6) is 0.788. The number of ether oxygens (including phenoxy) is 2. The molecule has 3 N–H and O–H groups in total. The smallest absolute Gasteiger partial charge is 0.271 e. The number of anilines is 1. The third kappa shape index (κ3) is 4.88. The molecule has 0 aliphatic rings. The molecule has 0 spiro atoms. The molecule has 3 rings (SSSR count). The number of nitrogens with one attached hydrogen (secondary N) is 1. The van der Waals surface area contributed by atoms with E-state index >= 15 is 0 Å². The summed E-state index contributed by atoms with van der Waals surface area (Å²) >= 11 is 0. The minimum absolute atomic E-state index is 0.349. The SMILES string of the molecule is COc1cccc(/C=N\NC(=O)c2cccc(N)c2)c1OCc1ccccc1. The van der Waals surface area contributed by atoms with Gasteiger partial charge in [0.05, 0.1) is 13.3 Å². The number of amides is 1. The van der Waals surface area contributed by atoms with E-state index in [1.165, 1.54) is 6.21 Å². The predicted octanol–water partition coefficient (Wildman–Crippen LogP) is 3.62. The van der Waals surface area contributed by atoms with Crippen molar-refractivity contribution in [3.05, 3.63) is 89.5 Å². The molecular formula is C22H21N3O3. The van der Waals surface area contributed by atoms with Gasteiger partial charge in [-0.15, -0.1) is 0 Å². The van der Waals surface area contributed by atoms with Crippen LogP contribution in [0.2, 0.25) is 0 Å². The number of carbonyl (C=O) groups excluding carboxylic acids is 1. The fourth-order valence-electron chi connectivity index (χ4n) is 2.58. The van der Waals surface area contributed by atoms with E-state index < -0.39 is 0 Å². The van der Waals surface area contributed by atoms with Gasteiger partial charge in [0.25, 0.3) is 5.91 Å². The van der Waals surface area contributed by atoms with E-state index in [0.29, 0.717) is 34.9 Å². The molecule has 6 heteroatoms. The molecule has 0 bridgehead atoms. The van der Waals surface area contributed by atoms with Crippen LogP contribution in [0.1, 0.15) is 21.5 Å². The molecule has 0 saturated heterocycles. The molecule has 3 aromatic rings. The summed E-state index contributed by atoms with van der Waals surface area (Å²) in [5.41, 5.74) is 10.9. The highest BCUT2D eigenvalue weighted by Gasteiger charge is 2.10. The third-order valence-electron chi connectivity index (χ3n) is 3.97. The van der Waals surface area contributed by atoms with Crippen molar-refractivity contribution in [3.8, 4) is 11.5 Å². The van der Waals surface area contributed by atoms with Crippen LogP contribution in [0.4, 0.5) is 5.69 Å². The lowest BCUT2D eigenvalue weighted by Gasteiger charge is -2.13. The fraction of sp³-hybridized carbons (Fsp3) is 0.0909. The highest BCUT2D eigenvalue weighted by atomic mass is 16.5. The van der Waals surface area contributed by atoms with Gasteiger partial charge in [-0.3, -0.25) is 4.79 Å². The van der Waals surface area contributed by atoms with Crippen molar-refractivity contribution in [1.29, 1.82) is 0 Å². The first-order valence-electron chi connectivity index (χ1n) is 8.70. The number of hydrazone groups is 1. The maximum atomic E-state index is 12.2. The van der Waals surface area contributed by atoms with Crippen LogP contribution < -0.4 is 20.6 Å². The van der Waals surface area contributed by atoms with Crippen LogP contribution in [0.25, 0.3) is 0 Å². The fourth-order valence-corrected chi connectivity index (χ4v) is 2.58. The number of rotatable bonds is 7. The quantitative estimate of drug-likeness (QED) is 0.375. The van der Waals surface area contributed by atoms with E-state index in [4.69, 9.17) is 15.2 Å². The van der Waals surface area contributed by atoms with Gasteiger partial charge < -0.3 is 15.2 Å². The van der Waals surface area contributed by atoms with Crippen molar-refractivity contribution in [2.75, 3.05) is 12.8 Å². The summed E-state index contributed by atoms with van der Waals surface area (Å²) < 4.78 is 11.4. The van der Waals surface area contributed by atoms with Gasteiger partial charge >= 0.3 is 0 Å². The second-order valence-corrected chi connectivity index (χ2v) is 5.98. The average molecular weight is 375 g/mol. The molecule has 0 heterocycles. The first kappa shape index (κ1) is 19.0. The minimum Gasteiger partial charge on any atom is -0.493 e. The maximum absolute atomic E-state index is 12.2. The van der Waals surface area contributed by atoms with Crippen molar-refractivity contribution in [1.82, 2.24) is 5.43 Å². The molecule has 0 atom stereocenters. The number of methoxy groups -OCH3 is 1. The van der Waals surface area contributed by atoms with Crippen LogP contribution in [-0.4, -0.2) is 19.2 Å². The second-order valence-electron chi connectivity index (χ2n) is 5.98. The summed E-state index contributed by atoms with van der Waals surface area (Å²) in [6.07, 6.45) is 1.52. The van der Waals surface area contributed by atoms with Crippen LogP contribution in [-0.2, 0) is 6.61 Å². The molecule has 0 aliphatic carbocycles. The van der Waals surface area contributed by atoms with Gasteiger partial charge in [-0.25, -0.2) is 5.43 Å². The van der Waals surface area contributed by atoms with Gasteiger partial charge in [0.1, 0.15) is 6.61 Å². The highest BCUT2D eigenvalue weighted by Crippen LogP contribution is 2.30. The molecule has 0 fully saturated rings. The summed E-state index contributed by atoms with van der Waals surface area (Å²) in [5, 5.41) is 4.04. The zero-order valence-electron chi connectivity index (χ0n) is 15.5. The molecular weight excluding hydrogens is 354 g/mol. The van der Waals surface area contributed by atoms with Crippen LogP contribution in [0.15, 0.2) is 77.9 Å². The Morgan fingerprint density at radius 1 is 1.07 bits per heavy atom. The first-order chi connectivity index (χ1) is 13.7. The number of nitrogens with two attached hydrogens (primary N) is 1. The van der Waals surface area contributed by atoms with Crippen LogP contribution in [0.3, 0.4) is 0 Å². The first-order valence-corrected chi connectivity index (χ1v) is 8.70. The van der Waals surface area contributed by atoms with E-state index in [0.717, 1.165) is 5.56 Å². The van der Waals surface area contributed by atoms with Crippen molar-refractivity contribution in [2.45, 2.75) is 6.61 Å². The molecule has 0 aromatic heterocycles. The standard InChI is InChI=1S/C22H21N3O3/c1-27-20-12-6-10-18(21(20)28-15-16-7-3-2-4-8-16)14-24-25-22(26)17-9-5-11-19(23)13-17/h2-14H,15,23H2,1H3,(H,25,26)/b24-14-. The maximum Gasteiger partial charge on any atom is 0.271 e. The number of carbonyl (C=O) groups is 1. The van der Waals surface area contributed by atoms with Gasteiger partial charge in [-0.1, -0.05) is 42.5 Å². The van der Waals surface area contributed by atoms with Crippen molar-refractivity contribution in [3.63, 3.8) is 0 Å². The lowest BCUT2D eigenvalue weighted by molar-refractivity contribution is 0.0955. The Labute approximate surface area is 163 Å². The topological polar surface area (TPSA) is 85.9 Å². The number of para-hydroxylation sites is 1. The van der Waals surface area contributed by atoms with Crippen LogP contribution in [0.5, 0.6) is 11.5 Å². The van der Waals surface area contributed by atoms with E-state index in [9.17, 15) is 4.79 Å². The molecule has 28 heavy (non-hydrogen) atoms. The second kappa shape index (κ2) is 9.23. The van der Waals surface area contributed by atoms with Gasteiger partial charge in [0.2, 0.25) is 0 Å². The van der Waals surface area contributed by atoms with Crippen LogP contribution >= 0.6 is 0 Å². The third-order valence-corrected chi connectivity index (χ3v) is 3.97. The molecule has 6 nitrogen and oxygen atoms in total. The van der Waals surface area contributed by atoms with Gasteiger partial charge in [0.15, 0.2) is 11.5 Å². The summed E-state index contributed by atoms with van der Waals surface area (Å²) in [4.78, 5) is 12.2. The minimum atomic E-state index is -0.349. The van der Waals surface area contributed by atoms with Crippen molar-refractivity contribution in [2.24, 2.45) is 5.10 Å². The number of benzene rings is 3. The van der Waals surface area contributed by atoms with E-state index in [1.54, 1.807) is 31.4 Å². The number of hydrogen-bond donors (Lipinski definition) is 2. The molecule has 0 radical (unpaired) electrons. The van der Waals surface area contributed by atoms with Crippen molar-refractivity contribution >= 4 is 17.8 Å². The van der Waals surface area contributed by atoms with Crippen molar-refractivity contribution < 1.29 is 14.3 Å². The Kier molecular flexibility index (Phi) is 6.25. The molecule has 3 aromatic carbocycles. The Hall–Kier alpha value is -3.80. The van der Waals surface area contributed by atoms with Gasteiger partial charge in [0, 0.05) is 16.8 Å². The normalized spacial score (nSPS) is 10.6. The Morgan fingerprint density at radius 2 is 1.86 bits per heavy atom. The lowest BCUT2D eigenvalue weighted by atomic mass is 10.2. The molecule has 0 aliphatic heterocycles. The Bertz CT molecular complexity index is 972. The summed E-state index contributed by atoms with van der Waals surface area (Å²) in [6.45, 7) is 0.387. The molecule has 1 amide bonds. The van der Waals surface area contributed by atoms with E-state index in [1.807, 2.05) is 48.5 Å². The average Bonchev–Trinajstić information content (AvgIpc) is 2.73. The zero-order chi connectivity index (χ0) is 19.8. The van der Waals surface area contributed by atoms with Gasteiger partial charge in [-0.05, 0) is 35.9 Å². The Morgan fingerprint density at radius 3 is 2.61 bits per heavy atom.